The van der Waals surface area contributed by atoms with Crippen LogP contribution in [0, 0.1) is 0 Å². The number of benzene rings is 1. The molecule has 3 aromatic rings. The van der Waals surface area contributed by atoms with Crippen molar-refractivity contribution in [3.63, 3.8) is 0 Å². The van der Waals surface area contributed by atoms with Gasteiger partial charge in [-0.2, -0.15) is 0 Å². The minimum atomic E-state index is -0.0166. The molecule has 0 aliphatic heterocycles. The summed E-state index contributed by atoms with van der Waals surface area (Å²) in [6.45, 7) is 0.467. The summed E-state index contributed by atoms with van der Waals surface area (Å²) in [5.74, 6) is 0.781. The number of hydrogen-bond acceptors (Lipinski definition) is 4. The van der Waals surface area contributed by atoms with Crippen LogP contribution in [0.4, 0.5) is 0 Å². The van der Waals surface area contributed by atoms with E-state index in [-0.39, 0.29) is 5.91 Å². The average Bonchev–Trinajstić information content (AvgIpc) is 3.25. The molecule has 0 saturated heterocycles. The fraction of sp³-hybridized carbons (Fsp3) is 0.211. The Morgan fingerprint density at radius 2 is 2.12 bits per heavy atom. The van der Waals surface area contributed by atoms with Crippen LogP contribution < -0.4 is 10.1 Å². The molecule has 0 bridgehead atoms. The number of rotatable bonds is 4. The van der Waals surface area contributed by atoms with E-state index in [0.717, 1.165) is 29.0 Å². The lowest BCUT2D eigenvalue weighted by atomic mass is 9.98. The van der Waals surface area contributed by atoms with Gasteiger partial charge in [0, 0.05) is 27.4 Å². The number of aryl methyl sites for hydroxylation is 2. The van der Waals surface area contributed by atoms with Crippen molar-refractivity contribution in [1.29, 1.82) is 0 Å². The van der Waals surface area contributed by atoms with Crippen LogP contribution in [-0.2, 0) is 19.4 Å². The lowest BCUT2D eigenvalue weighted by Gasteiger charge is -2.10. The second-order valence-electron chi connectivity index (χ2n) is 5.72. The molecular weight excluding hydrogens is 338 g/mol. The molecule has 0 atom stereocenters. The van der Waals surface area contributed by atoms with Crippen LogP contribution in [0.5, 0.6) is 5.75 Å². The van der Waals surface area contributed by atoms with Crippen LogP contribution in [0.15, 0.2) is 41.8 Å². The van der Waals surface area contributed by atoms with Gasteiger partial charge in [0.25, 0.3) is 5.91 Å². The first-order chi connectivity index (χ1) is 11.8. The van der Waals surface area contributed by atoms with Gasteiger partial charge in [-0.3, -0.25) is 4.79 Å². The molecule has 0 unspecified atom stereocenters. The molecule has 1 aromatic carbocycles. The topological polar surface area (TPSA) is 38.3 Å². The van der Waals surface area contributed by atoms with Crippen molar-refractivity contribution in [1.82, 2.24) is 5.32 Å². The molecule has 1 N–H and O–H groups in total. The zero-order valence-corrected chi connectivity index (χ0v) is 14.9. The number of thiophene rings is 2. The Balaban J connectivity index is 1.52. The first-order valence-electron chi connectivity index (χ1n) is 7.86. The molecule has 24 heavy (non-hydrogen) atoms. The van der Waals surface area contributed by atoms with E-state index in [4.69, 9.17) is 4.74 Å². The quantitative estimate of drug-likeness (QED) is 0.747. The number of ether oxygens (including phenoxy) is 1. The molecule has 5 heteroatoms. The standard InChI is InChI=1S/C19H17NO2S2/c1-22-15-5-3-2-4-13(15)11-20-19(21)17-10-12-6-7-16-14(8-9-23-16)18(12)24-17/h2-5,8-10H,6-7,11H2,1H3,(H,20,21). The monoisotopic (exact) mass is 355 g/mol. The van der Waals surface area contributed by atoms with Crippen LogP contribution in [0.1, 0.15) is 25.7 Å². The second kappa shape index (κ2) is 6.42. The van der Waals surface area contributed by atoms with Crippen molar-refractivity contribution >= 4 is 28.6 Å². The molecule has 2 aromatic heterocycles. The van der Waals surface area contributed by atoms with Gasteiger partial charge in [-0.25, -0.2) is 0 Å². The van der Waals surface area contributed by atoms with Crippen molar-refractivity contribution in [3.8, 4) is 16.2 Å². The van der Waals surface area contributed by atoms with Gasteiger partial charge in [-0.1, -0.05) is 18.2 Å². The van der Waals surface area contributed by atoms with Crippen molar-refractivity contribution in [2.75, 3.05) is 7.11 Å². The average molecular weight is 355 g/mol. The van der Waals surface area contributed by atoms with Gasteiger partial charge in [0.15, 0.2) is 0 Å². The fourth-order valence-electron chi connectivity index (χ4n) is 3.05. The normalized spacial score (nSPS) is 12.4. The molecule has 0 saturated carbocycles. The Bertz CT molecular complexity index is 894. The predicted molar refractivity (Wildman–Crippen MR) is 99.2 cm³/mol. The highest BCUT2D eigenvalue weighted by Gasteiger charge is 2.22. The van der Waals surface area contributed by atoms with Crippen molar-refractivity contribution in [3.05, 3.63) is 62.7 Å². The predicted octanol–water partition coefficient (Wildman–Crippen LogP) is 4.51. The Morgan fingerprint density at radius 1 is 1.25 bits per heavy atom. The number of carbonyl (C=O) groups is 1. The number of hydrogen-bond donors (Lipinski definition) is 1. The third kappa shape index (κ3) is 2.74. The van der Waals surface area contributed by atoms with Crippen molar-refractivity contribution in [2.24, 2.45) is 0 Å². The Labute approximate surface area is 148 Å². The lowest BCUT2D eigenvalue weighted by Crippen LogP contribution is -2.22. The van der Waals surface area contributed by atoms with E-state index in [1.807, 2.05) is 35.6 Å². The highest BCUT2D eigenvalue weighted by atomic mass is 32.1. The minimum Gasteiger partial charge on any atom is -0.496 e. The molecule has 2 heterocycles. The summed E-state index contributed by atoms with van der Waals surface area (Å²) in [4.78, 5) is 16.0. The summed E-state index contributed by atoms with van der Waals surface area (Å²) in [6.07, 6.45) is 2.11. The highest BCUT2D eigenvalue weighted by Crippen LogP contribution is 2.41. The Morgan fingerprint density at radius 3 is 3.00 bits per heavy atom. The third-order valence-electron chi connectivity index (χ3n) is 4.28. The molecule has 1 amide bonds. The van der Waals surface area contributed by atoms with Gasteiger partial charge in [-0.15, -0.1) is 22.7 Å². The molecule has 122 valence electrons. The number of fused-ring (bicyclic) bond motifs is 3. The van der Waals surface area contributed by atoms with E-state index < -0.39 is 0 Å². The fourth-order valence-corrected chi connectivity index (χ4v) is 5.18. The number of methoxy groups -OCH3 is 1. The van der Waals surface area contributed by atoms with Gasteiger partial charge < -0.3 is 10.1 Å². The first-order valence-corrected chi connectivity index (χ1v) is 9.55. The molecular formula is C19H17NO2S2. The number of nitrogens with one attached hydrogen (secondary N) is 1. The van der Waals surface area contributed by atoms with E-state index >= 15 is 0 Å². The largest absolute Gasteiger partial charge is 0.496 e. The maximum atomic E-state index is 12.5. The second-order valence-corrected chi connectivity index (χ2v) is 7.77. The lowest BCUT2D eigenvalue weighted by molar-refractivity contribution is 0.0954. The first kappa shape index (κ1) is 15.4. The maximum absolute atomic E-state index is 12.5. The summed E-state index contributed by atoms with van der Waals surface area (Å²) in [5.41, 5.74) is 3.60. The van der Waals surface area contributed by atoms with E-state index in [9.17, 15) is 4.79 Å². The summed E-state index contributed by atoms with van der Waals surface area (Å²) in [7, 11) is 1.65. The maximum Gasteiger partial charge on any atom is 0.261 e. The smallest absolute Gasteiger partial charge is 0.261 e. The minimum absolute atomic E-state index is 0.0166. The number of carbonyl (C=O) groups excluding carboxylic acids is 1. The number of amides is 1. The van der Waals surface area contributed by atoms with Crippen LogP contribution in [0.2, 0.25) is 0 Å². The summed E-state index contributed by atoms with van der Waals surface area (Å²) >= 11 is 3.41. The highest BCUT2D eigenvalue weighted by molar-refractivity contribution is 7.18. The number of para-hydroxylation sites is 1. The summed E-state index contributed by atoms with van der Waals surface area (Å²) in [5, 5.41) is 5.15. The van der Waals surface area contributed by atoms with Crippen molar-refractivity contribution in [2.45, 2.75) is 19.4 Å². The van der Waals surface area contributed by atoms with Gasteiger partial charge >= 0.3 is 0 Å². The molecule has 0 fully saturated rings. The molecule has 1 aliphatic carbocycles. The molecule has 0 radical (unpaired) electrons. The van der Waals surface area contributed by atoms with E-state index in [2.05, 4.69) is 22.8 Å². The van der Waals surface area contributed by atoms with Gasteiger partial charge in [0.1, 0.15) is 5.75 Å². The van der Waals surface area contributed by atoms with E-state index in [1.165, 1.54) is 20.9 Å². The zero-order valence-electron chi connectivity index (χ0n) is 13.3. The van der Waals surface area contributed by atoms with Gasteiger partial charge in [0.05, 0.1) is 12.0 Å². The molecule has 0 spiro atoms. The van der Waals surface area contributed by atoms with Crippen LogP contribution >= 0.6 is 22.7 Å². The van der Waals surface area contributed by atoms with Gasteiger partial charge in [0.2, 0.25) is 0 Å². The Kier molecular flexibility index (Phi) is 4.12. The van der Waals surface area contributed by atoms with Crippen LogP contribution in [-0.4, -0.2) is 13.0 Å². The van der Waals surface area contributed by atoms with E-state index in [1.54, 1.807) is 18.4 Å². The molecule has 4 rings (SSSR count). The van der Waals surface area contributed by atoms with Crippen LogP contribution in [0.3, 0.4) is 0 Å². The van der Waals surface area contributed by atoms with E-state index in [0.29, 0.717) is 6.54 Å². The zero-order chi connectivity index (χ0) is 16.5. The molecule has 3 nitrogen and oxygen atoms in total. The molecule has 1 aliphatic rings. The van der Waals surface area contributed by atoms with Gasteiger partial charge in [-0.05, 0) is 42.0 Å². The third-order valence-corrected chi connectivity index (χ3v) is 6.47. The SMILES string of the molecule is COc1ccccc1CNC(=O)c1cc2c(s1)-c1ccsc1CC2. The summed E-state index contributed by atoms with van der Waals surface area (Å²) < 4.78 is 5.33. The van der Waals surface area contributed by atoms with Crippen molar-refractivity contribution < 1.29 is 9.53 Å². The van der Waals surface area contributed by atoms with Crippen LogP contribution in [0.25, 0.3) is 10.4 Å². The Hall–Kier alpha value is -2.11. The summed E-state index contributed by atoms with van der Waals surface area (Å²) in [6, 6.07) is 12.0.